The first-order chi connectivity index (χ1) is 1.73. The summed E-state index contributed by atoms with van der Waals surface area (Å²) in [6.07, 6.45) is 0. The van der Waals surface area contributed by atoms with Gasteiger partial charge in [-0.2, -0.15) is 0 Å². The monoisotopic (exact) mass is 167 g/mol. The van der Waals surface area contributed by atoms with Gasteiger partial charge in [-0.3, -0.25) is 0 Å². The van der Waals surface area contributed by atoms with Crippen LogP contribution in [0.5, 0.6) is 0 Å². The van der Waals surface area contributed by atoms with Gasteiger partial charge in [0.25, 0.3) is 0 Å². The largest absolute Gasteiger partial charge is 3.00 e. The molecule has 0 fully saturated rings. The van der Waals surface area contributed by atoms with E-state index in [4.69, 9.17) is 13.0 Å². The van der Waals surface area contributed by atoms with E-state index >= 15 is 0 Å². The predicted molar refractivity (Wildman–Crippen MR) is 24.2 cm³/mol. The molecule has 0 amide bonds. The number of hydrogen-bond donors (Lipinski definition) is 1. The maximum atomic E-state index is 8.56. The van der Waals surface area contributed by atoms with Gasteiger partial charge in [0.15, 0.2) is 0 Å². The van der Waals surface area contributed by atoms with Gasteiger partial charge in [0, 0.05) is 11.0 Å². The minimum Gasteiger partial charge on any atom is -0.439 e. The SMILES string of the molecule is O=[S-](=O)O.[CH3-].[CH3-].[Fe+3]. The molecule has 0 heterocycles. The summed E-state index contributed by atoms with van der Waals surface area (Å²) in [5.41, 5.74) is 0. The predicted octanol–water partition coefficient (Wildman–Crippen LogP) is 0.667. The van der Waals surface area contributed by atoms with Crippen molar-refractivity contribution < 1.29 is 30.0 Å². The molecule has 0 aromatic rings. The second-order valence-electron chi connectivity index (χ2n) is 0.217. The summed E-state index contributed by atoms with van der Waals surface area (Å²) in [5, 5.41) is 0. The van der Waals surface area contributed by atoms with E-state index in [0.717, 1.165) is 0 Å². The maximum Gasteiger partial charge on any atom is 3.00 e. The molecule has 0 saturated heterocycles. The van der Waals surface area contributed by atoms with Gasteiger partial charge in [-0.05, 0) is 0 Å². The molecule has 0 bridgehead atoms. The van der Waals surface area contributed by atoms with Crippen molar-refractivity contribution in [2.24, 2.45) is 0 Å². The fourth-order valence-electron chi connectivity index (χ4n) is 0. The molecular weight excluding hydrogens is 160 g/mol. The third kappa shape index (κ3) is 684. The van der Waals surface area contributed by atoms with Crippen LogP contribution in [0.3, 0.4) is 0 Å². The average molecular weight is 167 g/mol. The quantitative estimate of drug-likeness (QED) is 0.189. The van der Waals surface area contributed by atoms with Crippen molar-refractivity contribution in [1.29, 1.82) is 0 Å². The first-order valence-electron chi connectivity index (χ1n) is 0.516. The minimum atomic E-state index is -2.86. The molecule has 1 radical (unpaired) electrons. The Balaban J connectivity index is -0.0000000150. The van der Waals surface area contributed by atoms with Gasteiger partial charge in [-0.15, -0.1) is 0 Å². The molecule has 0 aliphatic carbocycles. The average Bonchev–Trinajstić information content (AvgIpc) is 0.811. The number of hydrogen-bond acceptors (Lipinski definition) is 3. The van der Waals surface area contributed by atoms with E-state index < -0.39 is 11.0 Å². The molecule has 3 nitrogen and oxygen atoms in total. The van der Waals surface area contributed by atoms with Crippen LogP contribution in [0.2, 0.25) is 0 Å². The molecule has 1 N–H and O–H groups in total. The van der Waals surface area contributed by atoms with Crippen molar-refractivity contribution in [3.8, 4) is 0 Å². The second-order valence-corrected chi connectivity index (χ2v) is 0.651. The topological polar surface area (TPSA) is 54.4 Å². The van der Waals surface area contributed by atoms with Crippen molar-refractivity contribution in [2.45, 2.75) is 0 Å². The molecule has 0 atom stereocenters. The Labute approximate surface area is 56.4 Å². The summed E-state index contributed by atoms with van der Waals surface area (Å²) in [4.78, 5) is 0. The molecule has 7 heavy (non-hydrogen) atoms. The zero-order valence-electron chi connectivity index (χ0n) is 4.03. The summed E-state index contributed by atoms with van der Waals surface area (Å²) in [6, 6.07) is 0. The van der Waals surface area contributed by atoms with E-state index in [2.05, 4.69) is 0 Å². The van der Waals surface area contributed by atoms with Crippen LogP contribution in [0, 0.1) is 14.9 Å². The molecule has 0 aliphatic heterocycles. The van der Waals surface area contributed by atoms with Gasteiger partial charge >= 0.3 is 17.1 Å². The van der Waals surface area contributed by atoms with Gasteiger partial charge in [0.1, 0.15) is 0 Å². The number of rotatable bonds is 0. The van der Waals surface area contributed by atoms with E-state index in [1.807, 2.05) is 0 Å². The van der Waals surface area contributed by atoms with E-state index in [1.165, 1.54) is 0 Å². The van der Waals surface area contributed by atoms with Crippen LogP contribution in [-0.4, -0.2) is 4.55 Å². The Hall–Kier alpha value is 0.429. The minimum absolute atomic E-state index is 0. The van der Waals surface area contributed by atoms with Gasteiger partial charge in [0.2, 0.25) is 0 Å². The van der Waals surface area contributed by atoms with E-state index in [1.54, 1.807) is 0 Å². The summed E-state index contributed by atoms with van der Waals surface area (Å²) in [6.45, 7) is 0. The molecule has 0 spiro atoms. The van der Waals surface area contributed by atoms with Gasteiger partial charge in [-0.25, -0.2) is 0 Å². The molecule has 0 rings (SSSR count). The Bertz CT molecular complexity index is 61.3. The van der Waals surface area contributed by atoms with Crippen LogP contribution in [0.1, 0.15) is 0 Å². The van der Waals surface area contributed by atoms with E-state index in [9.17, 15) is 0 Å². The zero-order valence-corrected chi connectivity index (χ0v) is 5.95. The Kier molecular flexibility index (Phi) is 60.1. The van der Waals surface area contributed by atoms with E-state index in [-0.39, 0.29) is 31.9 Å². The van der Waals surface area contributed by atoms with Gasteiger partial charge in [-0.1, -0.05) is 0 Å². The molecule has 0 aromatic heterocycles. The second kappa shape index (κ2) is 16.1. The first kappa shape index (κ1) is 26.1. The van der Waals surface area contributed by atoms with Crippen molar-refractivity contribution >= 4 is 11.0 Å². The van der Waals surface area contributed by atoms with Gasteiger partial charge in [0.05, 0.1) is 0 Å². The van der Waals surface area contributed by atoms with Gasteiger partial charge < -0.3 is 27.8 Å². The normalized spacial score (nSPS) is 4.86. The zero-order chi connectivity index (χ0) is 3.58. The molecule has 0 aliphatic rings. The molecule has 0 saturated carbocycles. The Morgan fingerprint density at radius 1 is 1.14 bits per heavy atom. The Morgan fingerprint density at radius 2 is 1.14 bits per heavy atom. The summed E-state index contributed by atoms with van der Waals surface area (Å²) < 4.78 is 24.1. The molecule has 0 unspecified atom stereocenters. The maximum absolute atomic E-state index is 8.56. The van der Waals surface area contributed by atoms with Crippen LogP contribution in [0.25, 0.3) is 0 Å². The van der Waals surface area contributed by atoms with Crippen LogP contribution >= 0.6 is 0 Å². The van der Waals surface area contributed by atoms with Crippen molar-refractivity contribution in [2.75, 3.05) is 0 Å². The molecular formula is C2H7FeO3S. The molecule has 47 valence electrons. The fourth-order valence-corrected chi connectivity index (χ4v) is 0. The standard InChI is InChI=1S/2CH3.Fe.HO3S/c;;;1-4(2)3/h2*1H3;;(H,1,2,3)/q2*-1;+3;-1. The third-order valence-corrected chi connectivity index (χ3v) is 0. The molecule has 0 aromatic carbocycles. The summed E-state index contributed by atoms with van der Waals surface area (Å²) in [5.74, 6) is 0. The third-order valence-electron chi connectivity index (χ3n) is 0. The van der Waals surface area contributed by atoms with Crippen molar-refractivity contribution in [3.63, 3.8) is 0 Å². The van der Waals surface area contributed by atoms with Crippen molar-refractivity contribution in [3.05, 3.63) is 14.9 Å². The summed E-state index contributed by atoms with van der Waals surface area (Å²) in [7, 11) is -2.86. The fraction of sp³-hybridized carbons (Fsp3) is 0. The van der Waals surface area contributed by atoms with Crippen LogP contribution in [-0.2, 0) is 36.5 Å². The van der Waals surface area contributed by atoms with E-state index in [0.29, 0.717) is 0 Å². The first-order valence-corrected chi connectivity index (χ1v) is 1.55. The smallest absolute Gasteiger partial charge is 0.439 e. The molecule has 5 heteroatoms. The van der Waals surface area contributed by atoms with Crippen molar-refractivity contribution in [1.82, 2.24) is 0 Å². The Morgan fingerprint density at radius 3 is 1.14 bits per heavy atom. The van der Waals surface area contributed by atoms with Crippen LogP contribution < -0.4 is 0 Å². The van der Waals surface area contributed by atoms with Crippen LogP contribution in [0.4, 0.5) is 0 Å². The van der Waals surface area contributed by atoms with Crippen LogP contribution in [0.15, 0.2) is 0 Å². The summed E-state index contributed by atoms with van der Waals surface area (Å²) >= 11 is 0.